The fraction of sp³-hybridized carbons (Fsp3) is 0.200. The third-order valence-corrected chi connectivity index (χ3v) is 4.57. The third-order valence-electron chi connectivity index (χ3n) is 4.57. The minimum absolute atomic E-state index is 0.455. The van der Waals surface area contributed by atoms with E-state index >= 15 is 0 Å². The highest BCUT2D eigenvalue weighted by Crippen LogP contribution is 2.27. The lowest BCUT2D eigenvalue weighted by atomic mass is 10.1. The fourth-order valence-corrected chi connectivity index (χ4v) is 3.27. The van der Waals surface area contributed by atoms with Crippen molar-refractivity contribution in [2.45, 2.75) is 18.6 Å². The van der Waals surface area contributed by atoms with E-state index in [0.717, 1.165) is 22.4 Å². The summed E-state index contributed by atoms with van der Waals surface area (Å²) < 4.78 is 5.65. The molecule has 1 aliphatic heterocycles. The predicted octanol–water partition coefficient (Wildman–Crippen LogP) is 3.02. The van der Waals surface area contributed by atoms with Crippen LogP contribution in [-0.2, 0) is 4.79 Å². The number of hydrogen-bond donors (Lipinski definition) is 2. The molecule has 4 rings (SSSR count). The Bertz CT molecular complexity index is 928. The van der Waals surface area contributed by atoms with Crippen LogP contribution in [0.5, 0.6) is 0 Å². The molecule has 0 amide bonds. The van der Waals surface area contributed by atoms with E-state index in [0.29, 0.717) is 18.9 Å². The van der Waals surface area contributed by atoms with E-state index in [1.807, 2.05) is 54.6 Å². The highest BCUT2D eigenvalue weighted by atomic mass is 16.4. The second-order valence-corrected chi connectivity index (χ2v) is 6.28. The van der Waals surface area contributed by atoms with Gasteiger partial charge in [-0.25, -0.2) is 9.78 Å². The predicted molar refractivity (Wildman–Crippen MR) is 98.8 cm³/mol. The van der Waals surface area contributed by atoms with Gasteiger partial charge in [-0.05, 0) is 42.3 Å². The van der Waals surface area contributed by atoms with Crippen molar-refractivity contribution < 1.29 is 19.4 Å². The first-order valence-corrected chi connectivity index (χ1v) is 8.43. The Morgan fingerprint density at radius 3 is 2.65 bits per heavy atom. The summed E-state index contributed by atoms with van der Waals surface area (Å²) in [5.74, 6) is -0.473. The fourth-order valence-electron chi connectivity index (χ4n) is 3.27. The Morgan fingerprint density at radius 1 is 1.15 bits per heavy atom. The number of hydrogen-bond acceptors (Lipinski definition) is 5. The molecule has 132 valence electrons. The first kappa shape index (κ1) is 16.4. The van der Waals surface area contributed by atoms with Gasteiger partial charge < -0.3 is 19.5 Å². The number of anilines is 1. The standard InChI is InChI=1S/C20H18N2O4/c23-16-11-12-22(19(16)20(24)25)14-8-5-13(6-9-14)7-10-18-21-15-3-1-2-4-17(15)26-18/h1-10,16,19,23H,11-12H2,(H,24,25). The van der Waals surface area contributed by atoms with Crippen LogP contribution in [0.4, 0.5) is 5.69 Å². The van der Waals surface area contributed by atoms with Crippen molar-refractivity contribution >= 4 is 34.9 Å². The lowest BCUT2D eigenvalue weighted by Crippen LogP contribution is -2.41. The topological polar surface area (TPSA) is 86.8 Å². The molecule has 2 unspecified atom stereocenters. The number of carboxylic acid groups (broad SMARTS) is 1. The summed E-state index contributed by atoms with van der Waals surface area (Å²) in [5.41, 5.74) is 3.29. The quantitative estimate of drug-likeness (QED) is 0.752. The van der Waals surface area contributed by atoms with Crippen molar-refractivity contribution in [1.29, 1.82) is 0 Å². The molecule has 0 aliphatic carbocycles. The van der Waals surface area contributed by atoms with E-state index in [1.54, 1.807) is 11.0 Å². The zero-order chi connectivity index (χ0) is 18.1. The van der Waals surface area contributed by atoms with Gasteiger partial charge in [0.15, 0.2) is 11.6 Å². The van der Waals surface area contributed by atoms with Gasteiger partial charge in [0, 0.05) is 18.3 Å². The summed E-state index contributed by atoms with van der Waals surface area (Å²) in [4.78, 5) is 17.5. The number of aliphatic hydroxyl groups excluding tert-OH is 1. The first-order valence-electron chi connectivity index (χ1n) is 8.43. The number of carboxylic acids is 1. The van der Waals surface area contributed by atoms with Crippen molar-refractivity contribution in [1.82, 2.24) is 4.98 Å². The Hall–Kier alpha value is -3.12. The van der Waals surface area contributed by atoms with Gasteiger partial charge in [0.05, 0.1) is 6.10 Å². The molecular formula is C20H18N2O4. The summed E-state index contributed by atoms with van der Waals surface area (Å²) in [6, 6.07) is 14.2. The number of fused-ring (bicyclic) bond motifs is 1. The van der Waals surface area contributed by atoms with Crippen LogP contribution in [0.15, 0.2) is 52.9 Å². The van der Waals surface area contributed by atoms with Crippen LogP contribution >= 0.6 is 0 Å². The van der Waals surface area contributed by atoms with Gasteiger partial charge in [-0.2, -0.15) is 0 Å². The maximum absolute atomic E-state index is 11.4. The molecule has 6 heteroatoms. The highest BCUT2D eigenvalue weighted by molar-refractivity contribution is 5.80. The Morgan fingerprint density at radius 2 is 1.92 bits per heavy atom. The van der Waals surface area contributed by atoms with Crippen molar-refractivity contribution in [2.24, 2.45) is 0 Å². The number of aromatic nitrogens is 1. The van der Waals surface area contributed by atoms with Crippen LogP contribution in [0.2, 0.25) is 0 Å². The van der Waals surface area contributed by atoms with E-state index < -0.39 is 18.1 Å². The smallest absolute Gasteiger partial charge is 0.329 e. The molecule has 6 nitrogen and oxygen atoms in total. The average molecular weight is 350 g/mol. The minimum atomic E-state index is -1.00. The van der Waals surface area contributed by atoms with E-state index in [-0.39, 0.29) is 0 Å². The minimum Gasteiger partial charge on any atom is -0.480 e. The number of aliphatic hydroxyl groups is 1. The van der Waals surface area contributed by atoms with Crippen molar-refractivity contribution in [3.05, 3.63) is 60.0 Å². The zero-order valence-electron chi connectivity index (χ0n) is 13.9. The molecule has 0 spiro atoms. The maximum Gasteiger partial charge on any atom is 0.329 e. The number of carbonyl (C=O) groups is 1. The van der Waals surface area contributed by atoms with Crippen LogP contribution in [0, 0.1) is 0 Å². The van der Waals surface area contributed by atoms with Crippen LogP contribution in [0.3, 0.4) is 0 Å². The average Bonchev–Trinajstić information content (AvgIpc) is 3.23. The molecule has 2 atom stereocenters. The summed E-state index contributed by atoms with van der Waals surface area (Å²) in [6.07, 6.45) is 3.30. The van der Waals surface area contributed by atoms with Crippen molar-refractivity contribution in [2.75, 3.05) is 11.4 Å². The van der Waals surface area contributed by atoms with Gasteiger partial charge in [-0.1, -0.05) is 24.3 Å². The van der Waals surface area contributed by atoms with E-state index in [1.165, 1.54) is 0 Å². The second kappa shape index (κ2) is 6.65. The lowest BCUT2D eigenvalue weighted by Gasteiger charge is -2.24. The molecule has 1 aromatic heterocycles. The van der Waals surface area contributed by atoms with E-state index in [2.05, 4.69) is 4.98 Å². The van der Waals surface area contributed by atoms with Gasteiger partial charge in [-0.3, -0.25) is 0 Å². The van der Waals surface area contributed by atoms with Gasteiger partial charge in [0.25, 0.3) is 0 Å². The molecule has 1 saturated heterocycles. The van der Waals surface area contributed by atoms with E-state index in [9.17, 15) is 15.0 Å². The number of nitrogens with zero attached hydrogens (tertiary/aromatic N) is 2. The number of para-hydroxylation sites is 2. The molecule has 2 aromatic carbocycles. The molecule has 3 aromatic rings. The third kappa shape index (κ3) is 3.07. The molecule has 2 N–H and O–H groups in total. The van der Waals surface area contributed by atoms with Gasteiger partial charge in [0.1, 0.15) is 5.52 Å². The molecule has 1 aliphatic rings. The molecule has 26 heavy (non-hydrogen) atoms. The molecule has 0 saturated carbocycles. The normalized spacial score (nSPS) is 20.3. The van der Waals surface area contributed by atoms with Crippen LogP contribution < -0.4 is 4.90 Å². The maximum atomic E-state index is 11.4. The number of benzene rings is 2. The van der Waals surface area contributed by atoms with E-state index in [4.69, 9.17) is 4.42 Å². The molecule has 0 bridgehead atoms. The Balaban J connectivity index is 1.51. The number of aliphatic carboxylic acids is 1. The highest BCUT2D eigenvalue weighted by Gasteiger charge is 2.38. The second-order valence-electron chi connectivity index (χ2n) is 6.28. The van der Waals surface area contributed by atoms with Crippen LogP contribution in [0.25, 0.3) is 23.3 Å². The SMILES string of the molecule is O=C(O)C1C(O)CCN1c1ccc(C=Cc2nc3ccccc3o2)cc1. The van der Waals surface area contributed by atoms with Crippen molar-refractivity contribution in [3.63, 3.8) is 0 Å². The number of oxazole rings is 1. The largest absolute Gasteiger partial charge is 0.480 e. The molecule has 1 fully saturated rings. The van der Waals surface area contributed by atoms with Gasteiger partial charge in [0.2, 0.25) is 5.89 Å². The van der Waals surface area contributed by atoms with Crippen LogP contribution in [0.1, 0.15) is 17.9 Å². The first-order chi connectivity index (χ1) is 12.6. The molecule has 2 heterocycles. The summed E-state index contributed by atoms with van der Waals surface area (Å²) in [6.45, 7) is 0.524. The zero-order valence-corrected chi connectivity index (χ0v) is 13.9. The lowest BCUT2D eigenvalue weighted by molar-refractivity contribution is -0.140. The molecule has 0 radical (unpaired) electrons. The Labute approximate surface area is 150 Å². The van der Waals surface area contributed by atoms with Crippen LogP contribution in [-0.4, -0.2) is 39.9 Å². The van der Waals surface area contributed by atoms with Gasteiger partial charge >= 0.3 is 5.97 Å². The van der Waals surface area contributed by atoms with Gasteiger partial charge in [-0.15, -0.1) is 0 Å². The monoisotopic (exact) mass is 350 g/mol. The number of rotatable bonds is 4. The Kier molecular flexibility index (Phi) is 4.18. The summed E-state index contributed by atoms with van der Waals surface area (Å²) >= 11 is 0. The molecular weight excluding hydrogens is 332 g/mol. The van der Waals surface area contributed by atoms with Crippen molar-refractivity contribution in [3.8, 4) is 0 Å². The summed E-state index contributed by atoms with van der Waals surface area (Å²) in [5, 5.41) is 19.2. The summed E-state index contributed by atoms with van der Waals surface area (Å²) in [7, 11) is 0.